The Balaban J connectivity index is 2.31. The second kappa shape index (κ2) is 6.02. The normalized spacial score (nSPS) is 10.3. The molecule has 0 spiro atoms. The van der Waals surface area contributed by atoms with Gasteiger partial charge in [-0.3, -0.25) is 4.79 Å². The lowest BCUT2D eigenvalue weighted by Crippen LogP contribution is -1.97. The SMILES string of the molecule is CCc1ccc(Oc2cc(Br)ccc2C(C)=O)cc1. The molecule has 2 rings (SSSR count). The summed E-state index contributed by atoms with van der Waals surface area (Å²) in [7, 11) is 0. The molecule has 0 aliphatic heterocycles. The Kier molecular flexibility index (Phi) is 4.38. The molecule has 0 atom stereocenters. The van der Waals surface area contributed by atoms with Crippen LogP contribution in [0.5, 0.6) is 11.5 Å². The third kappa shape index (κ3) is 3.44. The molecule has 0 heterocycles. The van der Waals surface area contributed by atoms with Crippen molar-refractivity contribution in [3.05, 3.63) is 58.1 Å². The van der Waals surface area contributed by atoms with Crippen molar-refractivity contribution in [2.45, 2.75) is 20.3 Å². The molecule has 3 heteroatoms. The van der Waals surface area contributed by atoms with Gasteiger partial charge in [-0.1, -0.05) is 35.0 Å². The third-order valence-electron chi connectivity index (χ3n) is 2.88. The molecule has 2 aromatic carbocycles. The molecule has 0 saturated heterocycles. The fourth-order valence-electron chi connectivity index (χ4n) is 1.79. The first kappa shape index (κ1) is 13.8. The van der Waals surface area contributed by atoms with E-state index in [0.717, 1.165) is 16.6 Å². The van der Waals surface area contributed by atoms with E-state index in [4.69, 9.17) is 4.74 Å². The molecule has 2 aromatic rings. The Morgan fingerprint density at radius 1 is 1.16 bits per heavy atom. The van der Waals surface area contributed by atoms with Crippen LogP contribution in [0.3, 0.4) is 0 Å². The smallest absolute Gasteiger partial charge is 0.163 e. The van der Waals surface area contributed by atoms with Gasteiger partial charge in [-0.2, -0.15) is 0 Å². The van der Waals surface area contributed by atoms with E-state index < -0.39 is 0 Å². The van der Waals surface area contributed by atoms with Crippen molar-refractivity contribution in [2.75, 3.05) is 0 Å². The Hall–Kier alpha value is -1.61. The van der Waals surface area contributed by atoms with Gasteiger partial charge in [0.25, 0.3) is 0 Å². The van der Waals surface area contributed by atoms with E-state index in [-0.39, 0.29) is 5.78 Å². The van der Waals surface area contributed by atoms with Crippen molar-refractivity contribution in [1.29, 1.82) is 0 Å². The standard InChI is InChI=1S/C16H15BrO2/c1-3-12-4-7-14(8-5-12)19-16-10-13(17)6-9-15(16)11(2)18/h4-10H,3H2,1-2H3. The number of Topliss-reactive ketones (excluding diaryl/α,β-unsaturated/α-hetero) is 1. The highest BCUT2D eigenvalue weighted by molar-refractivity contribution is 9.10. The topological polar surface area (TPSA) is 26.3 Å². The molecule has 19 heavy (non-hydrogen) atoms. The van der Waals surface area contributed by atoms with Crippen LogP contribution >= 0.6 is 15.9 Å². The average Bonchev–Trinajstić information content (AvgIpc) is 2.39. The molecule has 0 N–H and O–H groups in total. The maximum absolute atomic E-state index is 11.6. The number of ketones is 1. The lowest BCUT2D eigenvalue weighted by Gasteiger charge is -2.10. The van der Waals surface area contributed by atoms with Crippen LogP contribution in [0, 0.1) is 0 Å². The van der Waals surface area contributed by atoms with Gasteiger partial charge in [0.1, 0.15) is 11.5 Å². The maximum atomic E-state index is 11.6. The fourth-order valence-corrected chi connectivity index (χ4v) is 2.13. The first-order chi connectivity index (χ1) is 9.10. The minimum Gasteiger partial charge on any atom is -0.457 e. The average molecular weight is 319 g/mol. The van der Waals surface area contributed by atoms with Gasteiger partial charge >= 0.3 is 0 Å². The van der Waals surface area contributed by atoms with Gasteiger partial charge in [0.15, 0.2) is 5.78 Å². The van der Waals surface area contributed by atoms with Crippen molar-refractivity contribution >= 4 is 21.7 Å². The molecule has 0 saturated carbocycles. The summed E-state index contributed by atoms with van der Waals surface area (Å²) in [6, 6.07) is 13.3. The van der Waals surface area contributed by atoms with Crippen LogP contribution in [0.2, 0.25) is 0 Å². The number of carbonyl (C=O) groups excluding carboxylic acids is 1. The summed E-state index contributed by atoms with van der Waals surface area (Å²) in [5, 5.41) is 0. The highest BCUT2D eigenvalue weighted by Gasteiger charge is 2.10. The van der Waals surface area contributed by atoms with Crippen LogP contribution in [0.25, 0.3) is 0 Å². The second-order valence-corrected chi connectivity index (χ2v) is 5.21. The third-order valence-corrected chi connectivity index (χ3v) is 3.38. The van der Waals surface area contributed by atoms with Gasteiger partial charge in [0, 0.05) is 4.47 Å². The highest BCUT2D eigenvalue weighted by Crippen LogP contribution is 2.29. The van der Waals surface area contributed by atoms with Crippen molar-refractivity contribution < 1.29 is 9.53 Å². The first-order valence-electron chi connectivity index (χ1n) is 6.17. The number of ether oxygens (including phenoxy) is 1. The zero-order chi connectivity index (χ0) is 13.8. The molecular formula is C16H15BrO2. The van der Waals surface area contributed by atoms with Gasteiger partial charge in [-0.25, -0.2) is 0 Å². The van der Waals surface area contributed by atoms with E-state index in [1.807, 2.05) is 36.4 Å². The summed E-state index contributed by atoms with van der Waals surface area (Å²) >= 11 is 3.39. The van der Waals surface area contributed by atoms with Crippen molar-refractivity contribution in [3.8, 4) is 11.5 Å². The number of aryl methyl sites for hydroxylation is 1. The van der Waals surface area contributed by atoms with E-state index in [9.17, 15) is 4.79 Å². The molecule has 0 aliphatic carbocycles. The summed E-state index contributed by atoms with van der Waals surface area (Å²) in [5.74, 6) is 1.30. The predicted octanol–water partition coefficient (Wildman–Crippen LogP) is 5.01. The van der Waals surface area contributed by atoms with Crippen LogP contribution in [-0.2, 0) is 6.42 Å². The Labute approximate surface area is 121 Å². The van der Waals surface area contributed by atoms with E-state index >= 15 is 0 Å². The number of halogens is 1. The molecule has 0 aliphatic rings. The molecule has 0 fully saturated rings. The van der Waals surface area contributed by atoms with E-state index in [0.29, 0.717) is 11.3 Å². The highest BCUT2D eigenvalue weighted by atomic mass is 79.9. The minimum absolute atomic E-state index is 0.00678. The largest absolute Gasteiger partial charge is 0.457 e. The summed E-state index contributed by atoms with van der Waals surface area (Å²) in [5.41, 5.74) is 1.84. The van der Waals surface area contributed by atoms with E-state index in [2.05, 4.69) is 22.9 Å². The molecule has 0 aromatic heterocycles. The first-order valence-corrected chi connectivity index (χ1v) is 6.96. The Morgan fingerprint density at radius 2 is 1.84 bits per heavy atom. The number of benzene rings is 2. The zero-order valence-corrected chi connectivity index (χ0v) is 12.5. The Bertz CT molecular complexity index is 588. The van der Waals surface area contributed by atoms with Crippen LogP contribution in [0.4, 0.5) is 0 Å². The van der Waals surface area contributed by atoms with E-state index in [1.165, 1.54) is 12.5 Å². The molecule has 0 unspecified atom stereocenters. The van der Waals surface area contributed by atoms with Crippen molar-refractivity contribution in [1.82, 2.24) is 0 Å². The predicted molar refractivity (Wildman–Crippen MR) is 80.0 cm³/mol. The number of hydrogen-bond donors (Lipinski definition) is 0. The summed E-state index contributed by atoms with van der Waals surface area (Å²) in [6.45, 7) is 3.65. The van der Waals surface area contributed by atoms with Crippen LogP contribution in [0.15, 0.2) is 46.9 Å². The maximum Gasteiger partial charge on any atom is 0.163 e. The molecule has 98 valence electrons. The molecule has 0 amide bonds. The van der Waals surface area contributed by atoms with Crippen LogP contribution < -0.4 is 4.74 Å². The summed E-state index contributed by atoms with van der Waals surface area (Å²) in [4.78, 5) is 11.6. The van der Waals surface area contributed by atoms with Crippen molar-refractivity contribution in [3.63, 3.8) is 0 Å². The lowest BCUT2D eigenvalue weighted by molar-refractivity contribution is 0.101. The molecule has 2 nitrogen and oxygen atoms in total. The second-order valence-electron chi connectivity index (χ2n) is 4.30. The van der Waals surface area contributed by atoms with Crippen molar-refractivity contribution in [2.24, 2.45) is 0 Å². The summed E-state index contributed by atoms with van der Waals surface area (Å²) in [6.07, 6.45) is 0.996. The quantitative estimate of drug-likeness (QED) is 0.741. The van der Waals surface area contributed by atoms with Gasteiger partial charge in [-0.05, 0) is 49.2 Å². The van der Waals surface area contributed by atoms with Crippen LogP contribution in [-0.4, -0.2) is 5.78 Å². The fraction of sp³-hybridized carbons (Fsp3) is 0.188. The van der Waals surface area contributed by atoms with Gasteiger partial charge in [0.05, 0.1) is 5.56 Å². The van der Waals surface area contributed by atoms with Gasteiger partial charge < -0.3 is 4.74 Å². The number of hydrogen-bond acceptors (Lipinski definition) is 2. The Morgan fingerprint density at radius 3 is 2.42 bits per heavy atom. The monoisotopic (exact) mass is 318 g/mol. The molecule has 0 radical (unpaired) electrons. The lowest BCUT2D eigenvalue weighted by atomic mass is 10.1. The molecule has 0 bridgehead atoms. The number of carbonyl (C=O) groups is 1. The number of rotatable bonds is 4. The zero-order valence-electron chi connectivity index (χ0n) is 10.9. The van der Waals surface area contributed by atoms with Gasteiger partial charge in [-0.15, -0.1) is 0 Å². The summed E-state index contributed by atoms with van der Waals surface area (Å²) < 4.78 is 6.69. The minimum atomic E-state index is -0.00678. The van der Waals surface area contributed by atoms with E-state index in [1.54, 1.807) is 6.07 Å². The van der Waals surface area contributed by atoms with Gasteiger partial charge in [0.2, 0.25) is 0 Å². The van der Waals surface area contributed by atoms with Crippen LogP contribution in [0.1, 0.15) is 29.8 Å². The molecular weight excluding hydrogens is 304 g/mol.